The number of carbonyl (C=O) groups excluding carboxylic acids is 2. The molecular weight excluding hydrogens is 262 g/mol. The third-order valence-electron chi connectivity index (χ3n) is 2.54. The standard InChI is InChI=1S/C13H17N3O4/c1-7-8(15-12(18)20-13(2,3)4)5-14-11-10(7)16-9(17)6-19-11/h5H,6H2,1-4H3,(H,15,18)(H,16,17). The van der Waals surface area contributed by atoms with Crippen molar-refractivity contribution in [3.8, 4) is 5.88 Å². The summed E-state index contributed by atoms with van der Waals surface area (Å²) in [6, 6.07) is 0. The Morgan fingerprint density at radius 1 is 1.50 bits per heavy atom. The number of ether oxygens (including phenoxy) is 2. The van der Waals surface area contributed by atoms with E-state index in [1.807, 2.05) is 0 Å². The summed E-state index contributed by atoms with van der Waals surface area (Å²) in [6.07, 6.45) is 0.889. The fourth-order valence-electron chi connectivity index (χ4n) is 1.69. The highest BCUT2D eigenvalue weighted by Crippen LogP contribution is 2.33. The molecule has 108 valence electrons. The van der Waals surface area contributed by atoms with E-state index in [1.165, 1.54) is 6.20 Å². The molecule has 0 aromatic carbocycles. The summed E-state index contributed by atoms with van der Waals surface area (Å²) in [4.78, 5) is 27.1. The van der Waals surface area contributed by atoms with E-state index < -0.39 is 11.7 Å². The van der Waals surface area contributed by atoms with Crippen LogP contribution >= 0.6 is 0 Å². The van der Waals surface area contributed by atoms with Crippen LogP contribution in [0.1, 0.15) is 26.3 Å². The Balaban J connectivity index is 2.20. The van der Waals surface area contributed by atoms with Crippen LogP contribution in [0.4, 0.5) is 16.2 Å². The number of fused-ring (bicyclic) bond motifs is 1. The van der Waals surface area contributed by atoms with Gasteiger partial charge in [0.25, 0.3) is 5.91 Å². The summed E-state index contributed by atoms with van der Waals surface area (Å²) in [5, 5.41) is 5.27. The van der Waals surface area contributed by atoms with Gasteiger partial charge in [-0.2, -0.15) is 0 Å². The zero-order valence-corrected chi connectivity index (χ0v) is 11.9. The van der Waals surface area contributed by atoms with Crippen LogP contribution in [-0.2, 0) is 9.53 Å². The number of anilines is 2. The lowest BCUT2D eigenvalue weighted by atomic mass is 10.2. The predicted octanol–water partition coefficient (Wildman–Crippen LogP) is 2.07. The molecule has 0 unspecified atom stereocenters. The van der Waals surface area contributed by atoms with Gasteiger partial charge in [-0.05, 0) is 27.7 Å². The van der Waals surface area contributed by atoms with Gasteiger partial charge in [0.1, 0.15) is 11.3 Å². The molecule has 20 heavy (non-hydrogen) atoms. The number of nitrogens with zero attached hydrogens (tertiary/aromatic N) is 1. The van der Waals surface area contributed by atoms with E-state index in [0.717, 1.165) is 0 Å². The van der Waals surface area contributed by atoms with E-state index in [0.29, 0.717) is 22.8 Å². The molecule has 2 heterocycles. The Bertz CT molecular complexity index is 563. The van der Waals surface area contributed by atoms with Crippen LogP contribution in [0.15, 0.2) is 6.20 Å². The van der Waals surface area contributed by atoms with E-state index in [2.05, 4.69) is 15.6 Å². The highest BCUT2D eigenvalue weighted by Gasteiger charge is 2.22. The van der Waals surface area contributed by atoms with Crippen LogP contribution in [0.2, 0.25) is 0 Å². The van der Waals surface area contributed by atoms with Gasteiger partial charge in [0.2, 0.25) is 5.88 Å². The van der Waals surface area contributed by atoms with Crippen molar-refractivity contribution in [2.45, 2.75) is 33.3 Å². The number of pyridine rings is 1. The van der Waals surface area contributed by atoms with Crippen molar-refractivity contribution >= 4 is 23.4 Å². The molecule has 1 aliphatic rings. The Morgan fingerprint density at radius 2 is 2.20 bits per heavy atom. The number of amides is 2. The predicted molar refractivity (Wildman–Crippen MR) is 73.0 cm³/mol. The molecule has 2 rings (SSSR count). The third-order valence-corrected chi connectivity index (χ3v) is 2.54. The van der Waals surface area contributed by atoms with Gasteiger partial charge in [-0.25, -0.2) is 9.78 Å². The Kier molecular flexibility index (Phi) is 3.52. The first-order valence-electron chi connectivity index (χ1n) is 6.18. The second kappa shape index (κ2) is 4.99. The normalized spacial score (nSPS) is 13.9. The lowest BCUT2D eigenvalue weighted by Crippen LogP contribution is -2.29. The number of hydrogen-bond acceptors (Lipinski definition) is 5. The first-order valence-corrected chi connectivity index (χ1v) is 6.18. The van der Waals surface area contributed by atoms with E-state index in [-0.39, 0.29) is 12.5 Å². The minimum atomic E-state index is -0.586. The van der Waals surface area contributed by atoms with Crippen LogP contribution < -0.4 is 15.4 Å². The van der Waals surface area contributed by atoms with Crippen molar-refractivity contribution in [1.82, 2.24) is 4.98 Å². The fourth-order valence-corrected chi connectivity index (χ4v) is 1.69. The highest BCUT2D eigenvalue weighted by atomic mass is 16.6. The van der Waals surface area contributed by atoms with E-state index in [9.17, 15) is 9.59 Å². The molecule has 2 amide bonds. The quantitative estimate of drug-likeness (QED) is 0.821. The largest absolute Gasteiger partial charge is 0.466 e. The molecule has 0 aliphatic carbocycles. The van der Waals surface area contributed by atoms with Gasteiger partial charge in [-0.15, -0.1) is 0 Å². The number of rotatable bonds is 1. The Morgan fingerprint density at radius 3 is 2.85 bits per heavy atom. The molecule has 0 radical (unpaired) electrons. The molecule has 1 aromatic rings. The molecular formula is C13H17N3O4. The zero-order valence-electron chi connectivity index (χ0n) is 11.9. The maximum absolute atomic E-state index is 11.7. The van der Waals surface area contributed by atoms with E-state index in [1.54, 1.807) is 27.7 Å². The van der Waals surface area contributed by atoms with Gasteiger partial charge in [0, 0.05) is 5.56 Å². The minimum absolute atomic E-state index is 0.0573. The second-order valence-corrected chi connectivity index (χ2v) is 5.44. The lowest BCUT2D eigenvalue weighted by Gasteiger charge is -2.22. The van der Waals surface area contributed by atoms with Gasteiger partial charge < -0.3 is 14.8 Å². The molecule has 0 saturated heterocycles. The molecule has 0 spiro atoms. The average molecular weight is 279 g/mol. The van der Waals surface area contributed by atoms with Gasteiger partial charge in [0.15, 0.2) is 6.61 Å². The number of hydrogen-bond donors (Lipinski definition) is 2. The van der Waals surface area contributed by atoms with Crippen molar-refractivity contribution in [2.75, 3.05) is 17.2 Å². The van der Waals surface area contributed by atoms with Crippen LogP contribution in [0.5, 0.6) is 5.88 Å². The fraction of sp³-hybridized carbons (Fsp3) is 0.462. The number of aromatic nitrogens is 1. The van der Waals surface area contributed by atoms with Crippen LogP contribution in [0.3, 0.4) is 0 Å². The van der Waals surface area contributed by atoms with E-state index in [4.69, 9.17) is 9.47 Å². The summed E-state index contributed by atoms with van der Waals surface area (Å²) < 4.78 is 10.4. The summed E-state index contributed by atoms with van der Waals surface area (Å²) >= 11 is 0. The summed E-state index contributed by atoms with van der Waals surface area (Å²) in [7, 11) is 0. The topological polar surface area (TPSA) is 89.5 Å². The van der Waals surface area contributed by atoms with Crippen molar-refractivity contribution in [3.63, 3.8) is 0 Å². The van der Waals surface area contributed by atoms with Crippen LogP contribution in [0, 0.1) is 6.92 Å². The molecule has 1 aromatic heterocycles. The van der Waals surface area contributed by atoms with Crippen LogP contribution in [-0.4, -0.2) is 29.2 Å². The Hall–Kier alpha value is -2.31. The number of carbonyl (C=O) groups is 2. The highest BCUT2D eigenvalue weighted by molar-refractivity contribution is 5.97. The third kappa shape index (κ3) is 3.17. The molecule has 0 saturated carbocycles. The molecule has 7 nitrogen and oxygen atoms in total. The van der Waals surface area contributed by atoms with Crippen molar-refractivity contribution < 1.29 is 19.1 Å². The lowest BCUT2D eigenvalue weighted by molar-refractivity contribution is -0.118. The van der Waals surface area contributed by atoms with Crippen molar-refractivity contribution in [3.05, 3.63) is 11.8 Å². The van der Waals surface area contributed by atoms with Gasteiger partial charge in [-0.1, -0.05) is 0 Å². The molecule has 2 N–H and O–H groups in total. The SMILES string of the molecule is Cc1c(NC(=O)OC(C)(C)C)cnc2c1NC(=O)CO2. The second-order valence-electron chi connectivity index (χ2n) is 5.44. The van der Waals surface area contributed by atoms with Crippen molar-refractivity contribution in [1.29, 1.82) is 0 Å². The van der Waals surface area contributed by atoms with Gasteiger partial charge in [0.05, 0.1) is 11.9 Å². The number of nitrogens with one attached hydrogen (secondary N) is 2. The Labute approximate surface area is 116 Å². The smallest absolute Gasteiger partial charge is 0.412 e. The molecule has 0 bridgehead atoms. The van der Waals surface area contributed by atoms with Crippen LogP contribution in [0.25, 0.3) is 0 Å². The first kappa shape index (κ1) is 14.1. The van der Waals surface area contributed by atoms with E-state index >= 15 is 0 Å². The molecule has 1 aliphatic heterocycles. The summed E-state index contributed by atoms with van der Waals surface area (Å²) in [5.74, 6) is 0.0913. The summed E-state index contributed by atoms with van der Waals surface area (Å²) in [6.45, 7) is 7.02. The monoisotopic (exact) mass is 279 g/mol. The van der Waals surface area contributed by atoms with Gasteiger partial charge >= 0.3 is 6.09 Å². The summed E-state index contributed by atoms with van der Waals surface area (Å²) in [5.41, 5.74) is 1.00. The first-order chi connectivity index (χ1) is 9.26. The molecule has 7 heteroatoms. The minimum Gasteiger partial charge on any atom is -0.466 e. The van der Waals surface area contributed by atoms with Gasteiger partial charge in [-0.3, -0.25) is 10.1 Å². The molecule has 0 atom stereocenters. The van der Waals surface area contributed by atoms with Crippen molar-refractivity contribution in [2.24, 2.45) is 0 Å². The maximum Gasteiger partial charge on any atom is 0.412 e. The maximum atomic E-state index is 11.7. The zero-order chi connectivity index (χ0) is 14.9. The molecule has 0 fully saturated rings. The average Bonchev–Trinajstić information content (AvgIpc) is 2.31.